The highest BCUT2D eigenvalue weighted by atomic mass is 32.2. The maximum Gasteiger partial charge on any atom is 0.214 e. The molecule has 0 unspecified atom stereocenters. The van der Waals surface area contributed by atoms with Gasteiger partial charge in [0.15, 0.2) is 0 Å². The van der Waals surface area contributed by atoms with E-state index < -0.39 is 25.3 Å². The molecule has 0 aliphatic heterocycles. The summed E-state index contributed by atoms with van der Waals surface area (Å²) in [7, 11) is -3.90. The van der Waals surface area contributed by atoms with Crippen LogP contribution in [0, 0.1) is 0 Å². The van der Waals surface area contributed by atoms with Gasteiger partial charge in [-0.1, -0.05) is 0 Å². The van der Waals surface area contributed by atoms with Crippen LogP contribution in [0.5, 0.6) is 0 Å². The standard InChI is InChI=1S/C7H18N2O4S2/c1-7(2)15(12,13)8-5-6-14(10,11)9(3)4/h7-8H,5-6H2,1-4H3. The van der Waals surface area contributed by atoms with Crippen LogP contribution in [-0.2, 0) is 20.0 Å². The molecule has 0 bridgehead atoms. The van der Waals surface area contributed by atoms with Crippen molar-refractivity contribution in [2.45, 2.75) is 19.1 Å². The summed E-state index contributed by atoms with van der Waals surface area (Å²) in [4.78, 5) is 0. The van der Waals surface area contributed by atoms with Gasteiger partial charge in [0, 0.05) is 20.6 Å². The van der Waals surface area contributed by atoms with Crippen LogP contribution < -0.4 is 4.72 Å². The molecule has 0 fully saturated rings. The smallest absolute Gasteiger partial charge is 0.214 e. The minimum atomic E-state index is -3.38. The lowest BCUT2D eigenvalue weighted by molar-refractivity contribution is 0.519. The Balaban J connectivity index is 4.25. The molecule has 0 aromatic heterocycles. The van der Waals surface area contributed by atoms with E-state index in [1.165, 1.54) is 27.9 Å². The molecule has 0 aromatic rings. The van der Waals surface area contributed by atoms with Crippen LogP contribution >= 0.6 is 0 Å². The second kappa shape index (κ2) is 5.24. The van der Waals surface area contributed by atoms with Gasteiger partial charge in [0.25, 0.3) is 0 Å². The number of hydrogen-bond donors (Lipinski definition) is 1. The van der Waals surface area contributed by atoms with Crippen LogP contribution in [0.1, 0.15) is 13.8 Å². The van der Waals surface area contributed by atoms with E-state index >= 15 is 0 Å². The van der Waals surface area contributed by atoms with E-state index in [-0.39, 0.29) is 12.3 Å². The van der Waals surface area contributed by atoms with Gasteiger partial charge in [-0.15, -0.1) is 0 Å². The zero-order valence-electron chi connectivity index (χ0n) is 9.39. The van der Waals surface area contributed by atoms with Crippen LogP contribution in [0.4, 0.5) is 0 Å². The van der Waals surface area contributed by atoms with Crippen molar-refractivity contribution in [3.63, 3.8) is 0 Å². The lowest BCUT2D eigenvalue weighted by atomic mass is 10.6. The molecule has 0 atom stereocenters. The number of hydrogen-bond acceptors (Lipinski definition) is 4. The molecule has 0 aromatic carbocycles. The van der Waals surface area contributed by atoms with Gasteiger partial charge in [0.05, 0.1) is 11.0 Å². The third-order valence-electron chi connectivity index (χ3n) is 1.84. The van der Waals surface area contributed by atoms with Gasteiger partial charge in [-0.25, -0.2) is 25.9 Å². The molecule has 0 rings (SSSR count). The van der Waals surface area contributed by atoms with Gasteiger partial charge in [0.2, 0.25) is 20.0 Å². The van der Waals surface area contributed by atoms with Crippen molar-refractivity contribution in [2.24, 2.45) is 0 Å². The lowest BCUT2D eigenvalue weighted by Gasteiger charge is -2.12. The van der Waals surface area contributed by atoms with E-state index in [0.29, 0.717) is 0 Å². The molecule has 92 valence electrons. The Labute approximate surface area is 91.8 Å². The first-order valence-corrected chi connectivity index (χ1v) is 7.64. The summed E-state index contributed by atoms with van der Waals surface area (Å²) in [6.07, 6.45) is 0. The van der Waals surface area contributed by atoms with Crippen molar-refractivity contribution in [1.29, 1.82) is 0 Å². The molecular formula is C7H18N2O4S2. The number of nitrogens with zero attached hydrogens (tertiary/aromatic N) is 1. The molecule has 6 nitrogen and oxygen atoms in total. The summed E-state index contributed by atoms with van der Waals surface area (Å²) in [5, 5.41) is -0.556. The zero-order valence-corrected chi connectivity index (χ0v) is 11.0. The summed E-state index contributed by atoms with van der Waals surface area (Å²) in [5.41, 5.74) is 0. The van der Waals surface area contributed by atoms with Gasteiger partial charge in [-0.05, 0) is 13.8 Å². The monoisotopic (exact) mass is 258 g/mol. The van der Waals surface area contributed by atoms with Crippen molar-refractivity contribution >= 4 is 20.0 Å². The maximum absolute atomic E-state index is 11.3. The van der Waals surface area contributed by atoms with Crippen molar-refractivity contribution in [3.05, 3.63) is 0 Å². The Morgan fingerprint density at radius 3 is 1.93 bits per heavy atom. The molecule has 0 spiro atoms. The number of nitrogens with one attached hydrogen (secondary N) is 1. The van der Waals surface area contributed by atoms with E-state index in [1.807, 2.05) is 0 Å². The third-order valence-corrected chi connectivity index (χ3v) is 5.52. The number of rotatable bonds is 6. The molecule has 15 heavy (non-hydrogen) atoms. The van der Waals surface area contributed by atoms with Gasteiger partial charge >= 0.3 is 0 Å². The molecule has 0 heterocycles. The van der Waals surface area contributed by atoms with E-state index in [9.17, 15) is 16.8 Å². The Morgan fingerprint density at radius 2 is 1.60 bits per heavy atom. The summed E-state index contributed by atoms with van der Waals surface area (Å²) in [6.45, 7) is 2.96. The molecular weight excluding hydrogens is 240 g/mol. The average Bonchev–Trinajstić information content (AvgIpc) is 2.02. The van der Waals surface area contributed by atoms with Crippen molar-refractivity contribution < 1.29 is 16.8 Å². The topological polar surface area (TPSA) is 83.5 Å². The summed E-state index contributed by atoms with van der Waals surface area (Å²) in [6, 6.07) is 0. The first-order valence-electron chi connectivity index (χ1n) is 4.48. The van der Waals surface area contributed by atoms with Crippen molar-refractivity contribution in [2.75, 3.05) is 26.4 Å². The largest absolute Gasteiger partial charge is 0.214 e. The fourth-order valence-corrected chi connectivity index (χ4v) is 2.24. The quantitative estimate of drug-likeness (QED) is 0.676. The number of sulfonamides is 2. The highest BCUT2D eigenvalue weighted by Crippen LogP contribution is 1.97. The van der Waals surface area contributed by atoms with Crippen LogP contribution in [0.25, 0.3) is 0 Å². The molecule has 1 N–H and O–H groups in total. The van der Waals surface area contributed by atoms with E-state index in [0.717, 1.165) is 4.31 Å². The van der Waals surface area contributed by atoms with Gasteiger partial charge in [-0.2, -0.15) is 0 Å². The van der Waals surface area contributed by atoms with Crippen LogP contribution in [-0.4, -0.2) is 52.8 Å². The fraction of sp³-hybridized carbons (Fsp3) is 1.00. The Bertz CT molecular complexity index is 345. The highest BCUT2D eigenvalue weighted by Gasteiger charge is 2.18. The van der Waals surface area contributed by atoms with Gasteiger partial charge in [0.1, 0.15) is 0 Å². The summed E-state index contributed by atoms with van der Waals surface area (Å²) in [5.74, 6) is -0.230. The molecule has 0 saturated carbocycles. The SMILES string of the molecule is CC(C)S(=O)(=O)NCCS(=O)(=O)N(C)C. The molecule has 0 aliphatic carbocycles. The van der Waals surface area contributed by atoms with Crippen molar-refractivity contribution in [3.8, 4) is 0 Å². The van der Waals surface area contributed by atoms with Crippen LogP contribution in [0.15, 0.2) is 0 Å². The third kappa shape index (κ3) is 4.92. The second-order valence-electron chi connectivity index (χ2n) is 3.59. The Kier molecular flexibility index (Phi) is 5.18. The Morgan fingerprint density at radius 1 is 1.13 bits per heavy atom. The van der Waals surface area contributed by atoms with Gasteiger partial charge in [-0.3, -0.25) is 0 Å². The van der Waals surface area contributed by atoms with E-state index in [4.69, 9.17) is 0 Å². The predicted octanol–water partition coefficient (Wildman–Crippen LogP) is -0.794. The van der Waals surface area contributed by atoms with Gasteiger partial charge < -0.3 is 0 Å². The van der Waals surface area contributed by atoms with E-state index in [2.05, 4.69) is 4.72 Å². The molecule has 0 amide bonds. The Hall–Kier alpha value is -0.180. The zero-order chi connectivity index (χ0) is 12.3. The summed E-state index contributed by atoms with van der Waals surface area (Å²) < 4.78 is 48.4. The minimum absolute atomic E-state index is 0.0962. The maximum atomic E-state index is 11.3. The normalized spacial score (nSPS) is 13.7. The highest BCUT2D eigenvalue weighted by molar-refractivity contribution is 7.90. The average molecular weight is 258 g/mol. The van der Waals surface area contributed by atoms with Crippen LogP contribution in [0.2, 0.25) is 0 Å². The molecule has 0 saturated heterocycles. The molecule has 0 radical (unpaired) electrons. The first kappa shape index (κ1) is 14.8. The minimum Gasteiger partial charge on any atom is -0.214 e. The first-order chi connectivity index (χ1) is 6.59. The predicted molar refractivity (Wildman–Crippen MR) is 59.5 cm³/mol. The molecule has 8 heteroatoms. The second-order valence-corrected chi connectivity index (χ2v) is 8.21. The van der Waals surface area contributed by atoms with Crippen LogP contribution in [0.3, 0.4) is 0 Å². The molecule has 0 aliphatic rings. The summed E-state index contributed by atoms with van der Waals surface area (Å²) >= 11 is 0. The lowest BCUT2D eigenvalue weighted by Crippen LogP contribution is -2.36. The van der Waals surface area contributed by atoms with E-state index in [1.54, 1.807) is 0 Å². The fourth-order valence-electron chi connectivity index (χ4n) is 0.662. The van der Waals surface area contributed by atoms with Crippen molar-refractivity contribution in [1.82, 2.24) is 9.03 Å².